The van der Waals surface area contributed by atoms with Crippen molar-refractivity contribution in [3.8, 4) is 0 Å². The van der Waals surface area contributed by atoms with Crippen LogP contribution in [0.25, 0.3) is 10.9 Å². The summed E-state index contributed by atoms with van der Waals surface area (Å²) in [6, 6.07) is 5.75. The average molecular weight is 274 g/mol. The Bertz CT molecular complexity index is 608. The first kappa shape index (κ1) is 13.9. The van der Waals surface area contributed by atoms with Gasteiger partial charge in [0.2, 0.25) is 0 Å². The van der Waals surface area contributed by atoms with Crippen LogP contribution in [-0.2, 0) is 17.6 Å². The molecule has 0 spiro atoms. The molecule has 1 aliphatic rings. The molecule has 90 valence electrons. The van der Waals surface area contributed by atoms with Gasteiger partial charge >= 0.3 is 35.5 Å². The molecular weight excluding hydrogens is 261 g/mol. The second kappa shape index (κ2) is 5.25. The average Bonchev–Trinajstić information content (AvgIpc) is 2.66. The van der Waals surface area contributed by atoms with Crippen molar-refractivity contribution < 1.29 is 9.90 Å². The van der Waals surface area contributed by atoms with Crippen LogP contribution in [-0.4, -0.2) is 45.6 Å². The Morgan fingerprint density at radius 2 is 2.22 bits per heavy atom. The molecule has 0 saturated heterocycles. The van der Waals surface area contributed by atoms with Gasteiger partial charge in [-0.25, -0.2) is 0 Å². The summed E-state index contributed by atoms with van der Waals surface area (Å²) in [6.45, 7) is 0. The van der Waals surface area contributed by atoms with Gasteiger partial charge in [0.15, 0.2) is 0 Å². The van der Waals surface area contributed by atoms with Crippen molar-refractivity contribution in [1.29, 1.82) is 0 Å². The summed E-state index contributed by atoms with van der Waals surface area (Å²) in [5.41, 5.74) is 3.34. The molecule has 18 heavy (non-hydrogen) atoms. The van der Waals surface area contributed by atoms with Crippen LogP contribution in [0.3, 0.4) is 0 Å². The van der Waals surface area contributed by atoms with Gasteiger partial charge in [-0.3, -0.25) is 4.79 Å². The zero-order valence-corrected chi connectivity index (χ0v) is 9.92. The zero-order chi connectivity index (χ0) is 12.0. The topological polar surface area (TPSA) is 53.1 Å². The summed E-state index contributed by atoms with van der Waals surface area (Å²) in [4.78, 5) is 14.3. The number of H-pyrrole nitrogens is 1. The van der Waals surface area contributed by atoms with Gasteiger partial charge in [-0.2, -0.15) is 0 Å². The summed E-state index contributed by atoms with van der Waals surface area (Å²) in [7, 11) is 0. The van der Waals surface area contributed by atoms with E-state index in [9.17, 15) is 4.79 Å². The Morgan fingerprint density at radius 3 is 2.94 bits per heavy atom. The van der Waals surface area contributed by atoms with E-state index in [1.807, 2.05) is 18.2 Å². The fourth-order valence-corrected chi connectivity index (χ4v) is 2.79. The fraction of sp³-hybridized carbons (Fsp3) is 0.308. The maximum atomic E-state index is 11.0. The van der Waals surface area contributed by atoms with E-state index in [0.29, 0.717) is 12.8 Å². The molecule has 0 radical (unpaired) electrons. The molecule has 0 fully saturated rings. The molecule has 1 unspecified atom stereocenters. The van der Waals surface area contributed by atoms with Crippen molar-refractivity contribution in [1.82, 2.24) is 4.98 Å². The molecule has 1 aliphatic carbocycles. The van der Waals surface area contributed by atoms with Gasteiger partial charge in [0.1, 0.15) is 0 Å². The molecule has 1 atom stereocenters. The van der Waals surface area contributed by atoms with Crippen LogP contribution in [0, 0.1) is 5.92 Å². The first-order chi connectivity index (χ1) is 8.15. The maximum absolute atomic E-state index is 11.0. The van der Waals surface area contributed by atoms with Gasteiger partial charge in [0.05, 0.1) is 5.92 Å². The summed E-state index contributed by atoms with van der Waals surface area (Å²) >= 11 is 5.99. The second-order valence-corrected chi connectivity index (χ2v) is 4.99. The molecule has 1 aromatic heterocycles. The number of carboxylic acid groups (broad SMARTS) is 1. The van der Waals surface area contributed by atoms with E-state index in [1.165, 1.54) is 5.56 Å². The van der Waals surface area contributed by atoms with Crippen LogP contribution in [0.4, 0.5) is 0 Å². The van der Waals surface area contributed by atoms with Crippen molar-refractivity contribution in [2.24, 2.45) is 5.92 Å². The standard InChI is InChI=1S/C13H12ClNO2.Na.H/c14-8-2-4-11-10(6-8)9-3-1-7(13(16)17)5-12(9)15-11;;/h2,4,6-7,15H,1,3,5H2,(H,16,17);;. The molecular formula is C13H13ClNNaO2. The van der Waals surface area contributed by atoms with E-state index in [1.54, 1.807) is 0 Å². The summed E-state index contributed by atoms with van der Waals surface area (Å²) < 4.78 is 0. The fourth-order valence-electron chi connectivity index (χ4n) is 2.61. The monoisotopic (exact) mass is 273 g/mol. The van der Waals surface area contributed by atoms with E-state index < -0.39 is 5.97 Å². The van der Waals surface area contributed by atoms with Crippen LogP contribution < -0.4 is 0 Å². The third-order valence-electron chi connectivity index (χ3n) is 3.50. The number of aromatic nitrogens is 1. The van der Waals surface area contributed by atoms with Gasteiger partial charge in [0, 0.05) is 28.0 Å². The minimum absolute atomic E-state index is 0. The molecule has 1 heterocycles. The SMILES string of the molecule is O=C(O)C1CCc2c([nH]c3ccc(Cl)cc23)C1.[NaH]. The predicted molar refractivity (Wildman–Crippen MR) is 73.6 cm³/mol. The van der Waals surface area contributed by atoms with Crippen LogP contribution >= 0.6 is 11.6 Å². The van der Waals surface area contributed by atoms with Gasteiger partial charge in [-0.05, 0) is 36.6 Å². The number of hydrogen-bond donors (Lipinski definition) is 2. The third-order valence-corrected chi connectivity index (χ3v) is 3.73. The number of fused-ring (bicyclic) bond motifs is 3. The third kappa shape index (κ3) is 2.32. The normalized spacial score (nSPS) is 18.2. The Hall–Kier alpha value is -0.480. The van der Waals surface area contributed by atoms with E-state index in [-0.39, 0.29) is 35.5 Å². The molecule has 2 N–H and O–H groups in total. The van der Waals surface area contributed by atoms with Gasteiger partial charge in [-0.1, -0.05) is 11.6 Å². The second-order valence-electron chi connectivity index (χ2n) is 4.55. The van der Waals surface area contributed by atoms with Gasteiger partial charge in [0.25, 0.3) is 0 Å². The Labute approximate surface area is 132 Å². The Kier molecular flexibility index (Phi) is 4.07. The number of aryl methyl sites for hydroxylation is 1. The van der Waals surface area contributed by atoms with Crippen LogP contribution in [0.1, 0.15) is 17.7 Å². The number of carbonyl (C=O) groups is 1. The molecule has 3 nitrogen and oxygen atoms in total. The molecule has 3 rings (SSSR count). The number of rotatable bonds is 1. The molecule has 0 amide bonds. The van der Waals surface area contributed by atoms with E-state index in [2.05, 4.69) is 4.98 Å². The Morgan fingerprint density at radius 1 is 1.44 bits per heavy atom. The van der Waals surface area contributed by atoms with Crippen molar-refractivity contribution >= 4 is 58.0 Å². The van der Waals surface area contributed by atoms with Crippen LogP contribution in [0.5, 0.6) is 0 Å². The van der Waals surface area contributed by atoms with Crippen molar-refractivity contribution in [2.45, 2.75) is 19.3 Å². The van der Waals surface area contributed by atoms with Gasteiger partial charge < -0.3 is 10.1 Å². The number of aromatic amines is 1. The molecule has 0 aliphatic heterocycles. The Balaban J connectivity index is 0.00000120. The zero-order valence-electron chi connectivity index (χ0n) is 9.16. The van der Waals surface area contributed by atoms with E-state index >= 15 is 0 Å². The summed E-state index contributed by atoms with van der Waals surface area (Å²) in [5, 5.41) is 10.9. The molecule has 5 heteroatoms. The number of hydrogen-bond acceptors (Lipinski definition) is 1. The summed E-state index contributed by atoms with van der Waals surface area (Å²) in [6.07, 6.45) is 2.12. The predicted octanol–water partition coefficient (Wildman–Crippen LogP) is 2.36. The van der Waals surface area contributed by atoms with Gasteiger partial charge in [-0.15, -0.1) is 0 Å². The first-order valence-corrected chi connectivity index (χ1v) is 6.04. The first-order valence-electron chi connectivity index (χ1n) is 5.67. The van der Waals surface area contributed by atoms with Crippen molar-refractivity contribution in [3.63, 3.8) is 0 Å². The van der Waals surface area contributed by atoms with Crippen LogP contribution in [0.15, 0.2) is 18.2 Å². The van der Waals surface area contributed by atoms with E-state index in [4.69, 9.17) is 16.7 Å². The van der Waals surface area contributed by atoms with E-state index in [0.717, 1.165) is 28.0 Å². The number of carboxylic acids is 1. The number of aliphatic carboxylic acids is 1. The van der Waals surface area contributed by atoms with Crippen molar-refractivity contribution in [2.75, 3.05) is 0 Å². The number of nitrogens with one attached hydrogen (secondary N) is 1. The molecule has 1 aromatic carbocycles. The minimum atomic E-state index is -0.702. The number of halogens is 1. The van der Waals surface area contributed by atoms with Crippen LogP contribution in [0.2, 0.25) is 5.02 Å². The molecule has 0 saturated carbocycles. The quantitative estimate of drug-likeness (QED) is 0.784. The van der Waals surface area contributed by atoms with Crippen molar-refractivity contribution in [3.05, 3.63) is 34.5 Å². The molecule has 2 aromatic rings. The number of benzene rings is 1. The summed E-state index contributed by atoms with van der Waals surface area (Å²) in [5.74, 6) is -0.960. The molecule has 0 bridgehead atoms.